The van der Waals surface area contributed by atoms with Crippen LogP contribution in [0.2, 0.25) is 0 Å². The molecule has 0 heterocycles. The third kappa shape index (κ3) is 32.5. The molecule has 3 nitrogen and oxygen atoms in total. The van der Waals surface area contributed by atoms with Crippen molar-refractivity contribution in [2.75, 3.05) is 13.2 Å². The van der Waals surface area contributed by atoms with Crippen LogP contribution in [0.15, 0.2) is 0 Å². The minimum atomic E-state index is -3.39. The van der Waals surface area contributed by atoms with Gasteiger partial charge in [0.25, 0.3) is 0 Å². The molecule has 0 aromatic rings. The number of hydrogen-bond donors (Lipinski definition) is 0. The summed E-state index contributed by atoms with van der Waals surface area (Å²) in [5, 5.41) is 0. The molecule has 0 aliphatic heterocycles. The molecule has 37 heavy (non-hydrogen) atoms. The first kappa shape index (κ1) is 37.4. The van der Waals surface area contributed by atoms with Crippen LogP contribution < -0.4 is 0 Å². The van der Waals surface area contributed by atoms with Crippen molar-refractivity contribution in [3.63, 3.8) is 0 Å². The lowest BCUT2D eigenvalue weighted by molar-refractivity contribution is 0.211. The molecular formula is C32H66ClO3P. The van der Waals surface area contributed by atoms with Crippen LogP contribution in [-0.2, 0) is 13.6 Å². The zero-order chi connectivity index (χ0) is 27.1. The molecule has 0 bridgehead atoms. The number of unbranched alkanes of at least 4 members (excludes halogenated alkanes) is 26. The highest BCUT2D eigenvalue weighted by molar-refractivity contribution is 7.81. The fraction of sp³-hybridized carbons (Fsp3) is 1.00. The highest BCUT2D eigenvalue weighted by atomic mass is 35.7. The Morgan fingerprint density at radius 1 is 0.378 bits per heavy atom. The van der Waals surface area contributed by atoms with Gasteiger partial charge in [0.2, 0.25) is 0 Å². The van der Waals surface area contributed by atoms with Crippen molar-refractivity contribution in [1.82, 2.24) is 0 Å². The van der Waals surface area contributed by atoms with E-state index in [1.807, 2.05) is 0 Å². The molecule has 0 aliphatic rings. The van der Waals surface area contributed by atoms with E-state index in [4.69, 9.17) is 20.3 Å². The maximum absolute atomic E-state index is 12.2. The number of halogens is 1. The molecule has 0 radical (unpaired) electrons. The van der Waals surface area contributed by atoms with E-state index < -0.39 is 6.95 Å². The maximum atomic E-state index is 12.2. The van der Waals surface area contributed by atoms with Crippen LogP contribution in [-0.4, -0.2) is 13.2 Å². The number of hydrogen-bond acceptors (Lipinski definition) is 3. The minimum Gasteiger partial charge on any atom is -0.297 e. The molecule has 0 unspecified atom stereocenters. The monoisotopic (exact) mass is 564 g/mol. The first-order valence-corrected chi connectivity index (χ1v) is 19.2. The van der Waals surface area contributed by atoms with Gasteiger partial charge in [-0.25, -0.2) is 4.57 Å². The van der Waals surface area contributed by atoms with Crippen LogP contribution in [0.25, 0.3) is 0 Å². The van der Waals surface area contributed by atoms with Crippen LogP contribution >= 0.6 is 18.2 Å². The van der Waals surface area contributed by atoms with E-state index >= 15 is 0 Å². The van der Waals surface area contributed by atoms with E-state index in [9.17, 15) is 4.57 Å². The Labute approximate surface area is 238 Å². The third-order valence-corrected chi connectivity index (χ3v) is 9.05. The van der Waals surface area contributed by atoms with Gasteiger partial charge in [0.05, 0.1) is 13.2 Å². The first-order chi connectivity index (χ1) is 18.1. The lowest BCUT2D eigenvalue weighted by atomic mass is 10.0. The molecule has 0 spiro atoms. The molecule has 0 aliphatic carbocycles. The molecule has 0 saturated carbocycles. The molecule has 0 rings (SSSR count). The van der Waals surface area contributed by atoms with Gasteiger partial charge in [-0.1, -0.05) is 181 Å². The van der Waals surface area contributed by atoms with Crippen LogP contribution in [0.3, 0.4) is 0 Å². The van der Waals surface area contributed by atoms with Crippen molar-refractivity contribution >= 4 is 18.2 Å². The summed E-state index contributed by atoms with van der Waals surface area (Å²) in [6, 6.07) is 0. The summed E-state index contributed by atoms with van der Waals surface area (Å²) in [5.41, 5.74) is 0. The second-order valence-corrected chi connectivity index (χ2v) is 13.9. The fourth-order valence-corrected chi connectivity index (χ4v) is 6.16. The molecule has 224 valence electrons. The number of rotatable bonds is 32. The van der Waals surface area contributed by atoms with Crippen molar-refractivity contribution in [2.45, 2.75) is 194 Å². The molecule has 0 N–H and O–H groups in total. The summed E-state index contributed by atoms with van der Waals surface area (Å²) in [4.78, 5) is 0. The minimum absolute atomic E-state index is 0.442. The van der Waals surface area contributed by atoms with Gasteiger partial charge in [0, 0.05) is 11.2 Å². The van der Waals surface area contributed by atoms with Crippen molar-refractivity contribution in [3.8, 4) is 0 Å². The van der Waals surface area contributed by atoms with Crippen LogP contribution in [0, 0.1) is 0 Å². The Morgan fingerprint density at radius 2 is 0.568 bits per heavy atom. The predicted molar refractivity (Wildman–Crippen MR) is 166 cm³/mol. The Morgan fingerprint density at radius 3 is 0.784 bits per heavy atom. The lowest BCUT2D eigenvalue weighted by Gasteiger charge is -2.11. The Kier molecular flexibility index (Phi) is 31.3. The molecule has 0 aromatic heterocycles. The van der Waals surface area contributed by atoms with Crippen LogP contribution in [0.4, 0.5) is 0 Å². The van der Waals surface area contributed by atoms with E-state index in [-0.39, 0.29) is 0 Å². The SMILES string of the molecule is CCCCCCCCCCCCCCCCOP(=O)(Cl)OCCCCCCCCCCCCCCCC. The summed E-state index contributed by atoms with van der Waals surface area (Å²) >= 11 is 5.96. The van der Waals surface area contributed by atoms with Gasteiger partial charge >= 0.3 is 6.95 Å². The Hall–Kier alpha value is 0.440. The molecule has 5 heteroatoms. The van der Waals surface area contributed by atoms with Gasteiger partial charge in [-0.15, -0.1) is 0 Å². The largest absolute Gasteiger partial charge is 0.424 e. The Bertz CT molecular complexity index is 437. The van der Waals surface area contributed by atoms with Gasteiger partial charge < -0.3 is 0 Å². The molecular weight excluding hydrogens is 499 g/mol. The fourth-order valence-electron chi connectivity index (χ4n) is 4.98. The first-order valence-electron chi connectivity index (χ1n) is 16.7. The summed E-state index contributed by atoms with van der Waals surface area (Å²) in [6.07, 6.45) is 37.0. The smallest absolute Gasteiger partial charge is 0.297 e. The third-order valence-electron chi connectivity index (χ3n) is 7.49. The molecule has 0 aromatic carbocycles. The molecule has 0 amide bonds. The second-order valence-electron chi connectivity index (χ2n) is 11.3. The second kappa shape index (κ2) is 31.0. The molecule has 0 atom stereocenters. The molecule has 0 fully saturated rings. The normalized spacial score (nSPS) is 12.0. The quantitative estimate of drug-likeness (QED) is 0.0601. The summed E-state index contributed by atoms with van der Waals surface area (Å²) in [6.45, 7) is 2.05. The van der Waals surface area contributed by atoms with Gasteiger partial charge in [0.1, 0.15) is 0 Å². The summed E-state index contributed by atoms with van der Waals surface area (Å²) in [7, 11) is 0. The van der Waals surface area contributed by atoms with Gasteiger partial charge in [-0.2, -0.15) is 0 Å². The van der Waals surface area contributed by atoms with Gasteiger partial charge in [0.15, 0.2) is 0 Å². The van der Waals surface area contributed by atoms with Gasteiger partial charge in [-0.05, 0) is 12.8 Å². The summed E-state index contributed by atoms with van der Waals surface area (Å²) in [5.74, 6) is 0. The van der Waals surface area contributed by atoms with Crippen LogP contribution in [0.1, 0.15) is 194 Å². The van der Waals surface area contributed by atoms with Crippen molar-refractivity contribution in [2.24, 2.45) is 0 Å². The topological polar surface area (TPSA) is 35.5 Å². The van der Waals surface area contributed by atoms with Crippen molar-refractivity contribution < 1.29 is 13.6 Å². The van der Waals surface area contributed by atoms with E-state index in [0.717, 1.165) is 25.7 Å². The van der Waals surface area contributed by atoms with E-state index in [1.54, 1.807) is 0 Å². The Balaban J connectivity index is 3.28. The standard InChI is InChI=1S/C32H66ClO3P/c1-3-5-7-9-11-13-15-17-19-21-23-25-27-29-31-35-37(33,34)36-32-30-28-26-24-22-20-18-16-14-12-10-8-6-4-2/h3-32H2,1-2H3. The maximum Gasteiger partial charge on any atom is 0.424 e. The average Bonchev–Trinajstić information content (AvgIpc) is 2.88. The zero-order valence-electron chi connectivity index (χ0n) is 25.3. The van der Waals surface area contributed by atoms with Crippen molar-refractivity contribution in [1.29, 1.82) is 0 Å². The van der Waals surface area contributed by atoms with E-state index in [1.165, 1.54) is 154 Å². The highest BCUT2D eigenvalue weighted by Gasteiger charge is 2.19. The highest BCUT2D eigenvalue weighted by Crippen LogP contribution is 2.53. The van der Waals surface area contributed by atoms with E-state index in [2.05, 4.69) is 13.8 Å². The van der Waals surface area contributed by atoms with Gasteiger partial charge in [-0.3, -0.25) is 9.05 Å². The zero-order valence-corrected chi connectivity index (χ0v) is 26.9. The summed E-state index contributed by atoms with van der Waals surface area (Å²) < 4.78 is 22.9. The van der Waals surface area contributed by atoms with Crippen molar-refractivity contribution in [3.05, 3.63) is 0 Å². The molecule has 0 saturated heterocycles. The average molecular weight is 565 g/mol. The predicted octanol–water partition coefficient (Wildman–Crippen LogP) is 13.3. The lowest BCUT2D eigenvalue weighted by Crippen LogP contribution is -1.96. The van der Waals surface area contributed by atoms with Crippen LogP contribution in [0.5, 0.6) is 0 Å². The van der Waals surface area contributed by atoms with E-state index in [0.29, 0.717) is 13.2 Å².